The van der Waals surface area contributed by atoms with Crippen LogP contribution in [0.5, 0.6) is 5.75 Å². The predicted molar refractivity (Wildman–Crippen MR) is 127 cm³/mol. The average molecular weight is 493 g/mol. The third-order valence-corrected chi connectivity index (χ3v) is 7.42. The average Bonchev–Trinajstić information content (AvgIpc) is 3.59. The number of piperidine rings is 1. The van der Waals surface area contributed by atoms with Gasteiger partial charge in [0.1, 0.15) is 29.1 Å². The summed E-state index contributed by atoms with van der Waals surface area (Å²) in [6.07, 6.45) is 7.66. The van der Waals surface area contributed by atoms with Crippen LogP contribution in [0.15, 0.2) is 47.1 Å². The van der Waals surface area contributed by atoms with Gasteiger partial charge in [0, 0.05) is 35.3 Å². The van der Waals surface area contributed by atoms with Crippen LogP contribution in [-0.2, 0) is 11.3 Å². The van der Waals surface area contributed by atoms with E-state index in [1.165, 1.54) is 6.07 Å². The highest BCUT2D eigenvalue weighted by Crippen LogP contribution is 2.46. The number of rotatable bonds is 8. The highest BCUT2D eigenvalue weighted by Gasteiger charge is 2.42. The van der Waals surface area contributed by atoms with E-state index in [2.05, 4.69) is 21.1 Å². The number of para-hydroxylation sites is 1. The Bertz CT molecular complexity index is 1250. The van der Waals surface area contributed by atoms with E-state index >= 15 is 0 Å². The second-order valence-electron chi connectivity index (χ2n) is 9.74. The first-order chi connectivity index (χ1) is 17.6. The second-order valence-corrected chi connectivity index (χ2v) is 9.74. The Kier molecular flexibility index (Phi) is 6.05. The summed E-state index contributed by atoms with van der Waals surface area (Å²) in [5.41, 5.74) is 2.37. The van der Waals surface area contributed by atoms with E-state index in [4.69, 9.17) is 19.3 Å². The van der Waals surface area contributed by atoms with Crippen molar-refractivity contribution < 1.29 is 22.8 Å². The van der Waals surface area contributed by atoms with Crippen LogP contribution in [0.1, 0.15) is 61.3 Å². The zero-order chi connectivity index (χ0) is 24.6. The van der Waals surface area contributed by atoms with Crippen LogP contribution in [0, 0.1) is 11.3 Å². The van der Waals surface area contributed by atoms with Crippen LogP contribution in [0.3, 0.4) is 0 Å². The Labute approximate surface area is 207 Å². The molecular formula is C27H26F2N4O3. The fourth-order valence-electron chi connectivity index (χ4n) is 5.64. The summed E-state index contributed by atoms with van der Waals surface area (Å²) >= 11 is 0. The molecule has 7 nitrogen and oxygen atoms in total. The minimum Gasteiger partial charge on any atom is -0.434 e. The lowest BCUT2D eigenvalue weighted by Gasteiger charge is -2.39. The quantitative estimate of drug-likeness (QED) is 0.393. The van der Waals surface area contributed by atoms with Crippen LogP contribution < -0.4 is 9.64 Å². The summed E-state index contributed by atoms with van der Waals surface area (Å²) in [5, 5.41) is 13.3. The molecule has 2 aromatic heterocycles. The molecular weight excluding hydrogens is 466 g/mol. The van der Waals surface area contributed by atoms with Crippen LogP contribution in [0.2, 0.25) is 0 Å². The molecule has 0 radical (unpaired) electrons. The van der Waals surface area contributed by atoms with Crippen molar-refractivity contribution in [3.05, 3.63) is 59.5 Å². The zero-order valence-electron chi connectivity index (χ0n) is 19.6. The summed E-state index contributed by atoms with van der Waals surface area (Å²) in [6.45, 7) is -2.61. The van der Waals surface area contributed by atoms with E-state index in [0.717, 1.165) is 55.7 Å². The molecule has 2 saturated heterocycles. The third-order valence-electron chi connectivity index (χ3n) is 7.42. The number of aromatic nitrogens is 2. The van der Waals surface area contributed by atoms with Gasteiger partial charge < -0.3 is 18.9 Å². The smallest absolute Gasteiger partial charge is 0.387 e. The molecule has 4 heterocycles. The molecule has 3 atom stereocenters. The van der Waals surface area contributed by atoms with Crippen molar-refractivity contribution in [1.29, 1.82) is 5.26 Å². The first-order valence-corrected chi connectivity index (χ1v) is 12.4. The Balaban J connectivity index is 1.19. The minimum absolute atomic E-state index is 0.0690. The van der Waals surface area contributed by atoms with Crippen molar-refractivity contribution in [3.63, 3.8) is 0 Å². The Hall–Kier alpha value is -3.51. The molecule has 0 N–H and O–H groups in total. The van der Waals surface area contributed by atoms with Gasteiger partial charge in [0.25, 0.3) is 0 Å². The maximum Gasteiger partial charge on any atom is 0.387 e. The SMILES string of the molecule is N#Cc1ccc(N2[C@@H]3CC[C@H]2C[C@@H](OCc2c(-c4ccccc4OC(F)F)noc2C2CC2)C3)nc1. The number of alkyl halides is 2. The van der Waals surface area contributed by atoms with Crippen LogP contribution in [-0.4, -0.2) is 34.9 Å². The van der Waals surface area contributed by atoms with Crippen LogP contribution in [0.4, 0.5) is 14.6 Å². The van der Waals surface area contributed by atoms with Crippen molar-refractivity contribution in [2.24, 2.45) is 0 Å². The van der Waals surface area contributed by atoms with Gasteiger partial charge in [-0.15, -0.1) is 0 Å². The Morgan fingerprint density at radius 1 is 1.08 bits per heavy atom. The highest BCUT2D eigenvalue weighted by atomic mass is 19.3. The highest BCUT2D eigenvalue weighted by molar-refractivity contribution is 5.70. The number of halogens is 2. The number of hydrogen-bond acceptors (Lipinski definition) is 7. The lowest BCUT2D eigenvalue weighted by molar-refractivity contribution is -0.0494. The molecule has 3 aliphatic rings. The summed E-state index contributed by atoms with van der Waals surface area (Å²) in [6, 6.07) is 13.2. The van der Waals surface area contributed by atoms with Crippen molar-refractivity contribution in [2.75, 3.05) is 4.90 Å². The number of ether oxygens (including phenoxy) is 2. The van der Waals surface area contributed by atoms with E-state index < -0.39 is 6.61 Å². The fraction of sp³-hybridized carbons (Fsp3) is 0.444. The zero-order valence-corrected chi connectivity index (χ0v) is 19.6. The third kappa shape index (κ3) is 4.42. The van der Waals surface area contributed by atoms with Gasteiger partial charge in [-0.1, -0.05) is 17.3 Å². The molecule has 1 aliphatic carbocycles. The standard InChI is InChI=1S/C27H26F2N4O3/c28-27(29)35-23-4-2-1-3-21(23)25-22(26(36-32-25)17-6-7-17)15-34-20-11-18-8-9-19(12-20)33(18)24-10-5-16(13-30)14-31-24/h1-5,10,14,17-20,27H,6-9,11-12,15H2/t18-,19+,20+. The van der Waals surface area contributed by atoms with Crippen LogP contribution in [0.25, 0.3) is 11.3 Å². The fourth-order valence-corrected chi connectivity index (χ4v) is 5.64. The molecule has 1 saturated carbocycles. The number of pyridine rings is 1. The molecule has 3 fully saturated rings. The Morgan fingerprint density at radius 2 is 1.86 bits per heavy atom. The number of anilines is 1. The van der Waals surface area contributed by atoms with E-state index in [9.17, 15) is 8.78 Å². The monoisotopic (exact) mass is 492 g/mol. The molecule has 3 aromatic rings. The summed E-state index contributed by atoms with van der Waals surface area (Å²) < 4.78 is 42.9. The largest absolute Gasteiger partial charge is 0.434 e. The number of fused-ring (bicyclic) bond motifs is 2. The Morgan fingerprint density at radius 3 is 2.53 bits per heavy atom. The minimum atomic E-state index is -2.92. The van der Waals surface area contributed by atoms with Crippen molar-refractivity contribution >= 4 is 5.82 Å². The van der Waals surface area contributed by atoms with Gasteiger partial charge in [0.15, 0.2) is 0 Å². The maximum atomic E-state index is 13.0. The van der Waals surface area contributed by atoms with Gasteiger partial charge >= 0.3 is 6.61 Å². The number of benzene rings is 1. The predicted octanol–water partition coefficient (Wildman–Crippen LogP) is 5.80. The molecule has 6 rings (SSSR count). The van der Waals surface area contributed by atoms with Gasteiger partial charge in [-0.2, -0.15) is 14.0 Å². The molecule has 2 aliphatic heterocycles. The van der Waals surface area contributed by atoms with Gasteiger partial charge in [0.2, 0.25) is 0 Å². The van der Waals surface area contributed by atoms with E-state index in [1.807, 2.05) is 12.1 Å². The van der Waals surface area contributed by atoms with Gasteiger partial charge in [-0.3, -0.25) is 0 Å². The second kappa shape index (κ2) is 9.51. The number of nitriles is 1. The normalized spacial score (nSPS) is 23.2. The topological polar surface area (TPSA) is 84.4 Å². The molecule has 0 amide bonds. The van der Waals surface area contributed by atoms with Gasteiger partial charge in [-0.25, -0.2) is 4.98 Å². The lowest BCUT2D eigenvalue weighted by Crippen LogP contribution is -2.46. The molecule has 0 unspecified atom stereocenters. The summed E-state index contributed by atoms with van der Waals surface area (Å²) in [4.78, 5) is 6.89. The van der Waals surface area contributed by atoms with Crippen LogP contribution >= 0.6 is 0 Å². The lowest BCUT2D eigenvalue weighted by atomic mass is 9.99. The van der Waals surface area contributed by atoms with Crippen molar-refractivity contribution in [1.82, 2.24) is 10.1 Å². The summed E-state index contributed by atoms with van der Waals surface area (Å²) in [7, 11) is 0. The molecule has 9 heteroatoms. The molecule has 2 bridgehead atoms. The summed E-state index contributed by atoms with van der Waals surface area (Å²) in [5.74, 6) is 2.08. The maximum absolute atomic E-state index is 13.0. The van der Waals surface area contributed by atoms with Crippen molar-refractivity contribution in [2.45, 2.75) is 75.8 Å². The number of nitrogens with zero attached hydrogens (tertiary/aromatic N) is 4. The van der Waals surface area contributed by atoms with Gasteiger partial charge in [0.05, 0.1) is 18.3 Å². The number of hydrogen-bond donors (Lipinski definition) is 0. The van der Waals surface area contributed by atoms with Gasteiger partial charge in [-0.05, 0) is 62.8 Å². The van der Waals surface area contributed by atoms with E-state index in [1.54, 1.807) is 24.4 Å². The molecule has 36 heavy (non-hydrogen) atoms. The molecule has 1 aromatic carbocycles. The first-order valence-electron chi connectivity index (χ1n) is 12.4. The van der Waals surface area contributed by atoms with Crippen molar-refractivity contribution in [3.8, 4) is 23.1 Å². The molecule has 0 spiro atoms. The van der Waals surface area contributed by atoms with E-state index in [-0.39, 0.29) is 11.9 Å². The molecule has 186 valence electrons. The van der Waals surface area contributed by atoms with E-state index in [0.29, 0.717) is 41.4 Å². The first kappa shape index (κ1) is 22.9.